The lowest BCUT2D eigenvalue weighted by Gasteiger charge is -2.62. The second-order valence-electron chi connectivity index (χ2n) is 16.1. The molecular weight excluding hydrogens is 574 g/mol. The molecule has 44 heavy (non-hydrogen) atoms. The maximum Gasteiger partial charge on any atom is 0.397 e. The van der Waals surface area contributed by atoms with E-state index in [1.165, 1.54) is 44.9 Å². The normalized spacial score (nSPS) is 39.2. The predicted molar refractivity (Wildman–Crippen MR) is 178 cm³/mol. The summed E-state index contributed by atoms with van der Waals surface area (Å²) in [7, 11) is -4.46. The Hall–Kier alpha value is -0.290. The highest BCUT2D eigenvalue weighted by Gasteiger charge is 2.62. The third kappa shape index (κ3) is 8.40. The van der Waals surface area contributed by atoms with Gasteiger partial charge in [-0.1, -0.05) is 41.0 Å². The Bertz CT molecular complexity index is 999. The molecule has 0 radical (unpaired) electrons. The SMILES string of the molecule is CCC(C)[C@@H](CC[C@@H](C)C1CCC2C3C(CC[C@@]21C)[C@@]1(C)CC[C@H](NCCCNCCCCN)C[C@@H]1C[C@H]3O)OS(=O)(=O)O. The van der Waals surface area contributed by atoms with E-state index in [1.807, 2.05) is 13.8 Å². The highest BCUT2D eigenvalue weighted by molar-refractivity contribution is 7.80. The van der Waals surface area contributed by atoms with Crippen LogP contribution in [-0.4, -0.2) is 62.5 Å². The summed E-state index contributed by atoms with van der Waals surface area (Å²) in [6, 6.07) is 0.573. The van der Waals surface area contributed by atoms with E-state index >= 15 is 0 Å². The molecule has 4 aliphatic carbocycles. The molecule has 0 amide bonds. The van der Waals surface area contributed by atoms with Crippen molar-refractivity contribution in [1.29, 1.82) is 0 Å². The van der Waals surface area contributed by atoms with Gasteiger partial charge in [0.1, 0.15) is 0 Å². The summed E-state index contributed by atoms with van der Waals surface area (Å²) in [5.74, 6) is 3.26. The molecule has 9 heteroatoms. The van der Waals surface area contributed by atoms with Gasteiger partial charge < -0.3 is 21.5 Å². The van der Waals surface area contributed by atoms with Crippen LogP contribution in [0.1, 0.15) is 125 Å². The average molecular weight is 642 g/mol. The minimum absolute atomic E-state index is 0.0661. The number of rotatable bonds is 17. The van der Waals surface area contributed by atoms with Crippen molar-refractivity contribution in [3.8, 4) is 0 Å². The van der Waals surface area contributed by atoms with Crippen LogP contribution in [0.2, 0.25) is 0 Å². The molecule has 0 spiro atoms. The molecule has 4 rings (SSSR count). The first-order chi connectivity index (χ1) is 20.8. The van der Waals surface area contributed by atoms with Crippen molar-refractivity contribution in [2.75, 3.05) is 26.2 Å². The average Bonchev–Trinajstić information content (AvgIpc) is 3.33. The van der Waals surface area contributed by atoms with Gasteiger partial charge in [0.05, 0.1) is 12.2 Å². The first-order valence-corrected chi connectivity index (χ1v) is 19.7. The number of nitrogens with one attached hydrogen (secondary N) is 2. The van der Waals surface area contributed by atoms with Crippen molar-refractivity contribution in [3.05, 3.63) is 0 Å². The Morgan fingerprint density at radius 3 is 2.34 bits per heavy atom. The van der Waals surface area contributed by atoms with Crippen LogP contribution < -0.4 is 16.4 Å². The van der Waals surface area contributed by atoms with Crippen molar-refractivity contribution in [2.24, 2.45) is 58.0 Å². The summed E-state index contributed by atoms with van der Waals surface area (Å²) in [5.41, 5.74) is 6.13. The van der Waals surface area contributed by atoms with Crippen LogP contribution in [0.4, 0.5) is 0 Å². The van der Waals surface area contributed by atoms with Crippen LogP contribution in [0.25, 0.3) is 0 Å². The van der Waals surface area contributed by atoms with Crippen LogP contribution in [0.3, 0.4) is 0 Å². The number of hydrogen-bond acceptors (Lipinski definition) is 7. The van der Waals surface area contributed by atoms with Gasteiger partial charge in [-0.05, 0) is 162 Å². The van der Waals surface area contributed by atoms with E-state index in [2.05, 4.69) is 31.4 Å². The topological polar surface area (TPSA) is 134 Å². The van der Waals surface area contributed by atoms with Gasteiger partial charge in [-0.25, -0.2) is 4.18 Å². The molecule has 0 heterocycles. The maximum atomic E-state index is 11.8. The lowest BCUT2D eigenvalue weighted by Crippen LogP contribution is -2.59. The van der Waals surface area contributed by atoms with Crippen LogP contribution >= 0.6 is 0 Å². The molecule has 5 unspecified atom stereocenters. The van der Waals surface area contributed by atoms with Crippen molar-refractivity contribution in [2.45, 2.75) is 143 Å². The van der Waals surface area contributed by atoms with Gasteiger partial charge in [-0.2, -0.15) is 8.42 Å². The summed E-state index contributed by atoms with van der Waals surface area (Å²) in [6.45, 7) is 15.4. The van der Waals surface area contributed by atoms with Gasteiger partial charge in [0.2, 0.25) is 0 Å². The summed E-state index contributed by atoms with van der Waals surface area (Å²) in [6.07, 6.45) is 14.6. The number of unbranched alkanes of at least 4 members (excludes halogenated alkanes) is 1. The minimum Gasteiger partial charge on any atom is -0.393 e. The van der Waals surface area contributed by atoms with E-state index in [0.29, 0.717) is 53.4 Å². The Labute approximate surface area is 269 Å². The standard InChI is InChI=1S/C35H67N3O5S/c1-6-24(2)32(43-44(40,41)42)13-10-25(3)28-11-12-29-33-30(15-17-35(28,29)5)34(4)16-14-27(22-26(34)23-31(33)39)38-21-9-20-37-19-8-7-18-36/h24-33,37-39H,6-23,36H2,1-5H3,(H,40,41,42)/t24?,25-,26-,27+,28?,29?,30?,31-,32-,33?,34+,35-/m1/s1. The van der Waals surface area contributed by atoms with E-state index in [1.54, 1.807) is 0 Å². The zero-order chi connectivity index (χ0) is 32.1. The molecule has 4 saturated carbocycles. The van der Waals surface area contributed by atoms with E-state index in [4.69, 9.17) is 9.92 Å². The third-order valence-corrected chi connectivity index (χ3v) is 14.1. The Morgan fingerprint density at radius 1 is 0.932 bits per heavy atom. The lowest BCUT2D eigenvalue weighted by atomic mass is 9.43. The second-order valence-corrected chi connectivity index (χ2v) is 17.1. The van der Waals surface area contributed by atoms with Gasteiger partial charge in [0.25, 0.3) is 0 Å². The second kappa shape index (κ2) is 15.7. The predicted octanol–water partition coefficient (Wildman–Crippen LogP) is 5.94. The number of hydrogen-bond donors (Lipinski definition) is 5. The number of fused-ring (bicyclic) bond motifs is 5. The van der Waals surface area contributed by atoms with Gasteiger partial charge in [-0.3, -0.25) is 4.55 Å². The molecule has 8 nitrogen and oxygen atoms in total. The first-order valence-electron chi connectivity index (χ1n) is 18.3. The summed E-state index contributed by atoms with van der Waals surface area (Å²) >= 11 is 0. The van der Waals surface area contributed by atoms with Gasteiger partial charge in [0, 0.05) is 6.04 Å². The largest absolute Gasteiger partial charge is 0.397 e. The molecule has 6 N–H and O–H groups in total. The fourth-order valence-electron chi connectivity index (χ4n) is 10.9. The smallest absolute Gasteiger partial charge is 0.393 e. The number of aliphatic hydroxyl groups excluding tert-OH is 1. The molecule has 0 aliphatic heterocycles. The monoisotopic (exact) mass is 641 g/mol. The minimum atomic E-state index is -4.46. The molecule has 258 valence electrons. The van der Waals surface area contributed by atoms with Gasteiger partial charge in [-0.15, -0.1) is 0 Å². The third-order valence-electron chi connectivity index (χ3n) is 13.6. The van der Waals surface area contributed by atoms with E-state index in [-0.39, 0.29) is 17.4 Å². The fraction of sp³-hybridized carbons (Fsp3) is 1.00. The zero-order valence-corrected chi connectivity index (χ0v) is 29.4. The Balaban J connectivity index is 1.32. The summed E-state index contributed by atoms with van der Waals surface area (Å²) in [4.78, 5) is 0. The zero-order valence-electron chi connectivity index (χ0n) is 28.6. The lowest BCUT2D eigenvalue weighted by molar-refractivity contribution is -0.167. The molecule has 0 aromatic carbocycles. The molecule has 0 saturated heterocycles. The van der Waals surface area contributed by atoms with E-state index in [0.717, 1.165) is 64.7 Å². The molecule has 4 aliphatic rings. The molecular formula is C35H67N3O5S. The quantitative estimate of drug-likeness (QED) is 0.0973. The Kier molecular flexibility index (Phi) is 13.1. The summed E-state index contributed by atoms with van der Waals surface area (Å²) in [5, 5.41) is 19.2. The van der Waals surface area contributed by atoms with Crippen molar-refractivity contribution in [1.82, 2.24) is 10.6 Å². The Morgan fingerprint density at radius 2 is 1.64 bits per heavy atom. The van der Waals surface area contributed by atoms with Crippen molar-refractivity contribution in [3.63, 3.8) is 0 Å². The first kappa shape index (κ1) is 36.5. The van der Waals surface area contributed by atoms with Crippen LogP contribution in [0, 0.1) is 52.3 Å². The maximum absolute atomic E-state index is 11.8. The van der Waals surface area contributed by atoms with Crippen LogP contribution in [-0.2, 0) is 14.6 Å². The highest BCUT2D eigenvalue weighted by Crippen LogP contribution is 2.68. The molecule has 12 atom stereocenters. The number of aliphatic hydroxyl groups is 1. The molecule has 0 bridgehead atoms. The van der Waals surface area contributed by atoms with Crippen LogP contribution in [0.5, 0.6) is 0 Å². The van der Waals surface area contributed by atoms with Gasteiger partial charge >= 0.3 is 10.4 Å². The van der Waals surface area contributed by atoms with Crippen molar-refractivity contribution >= 4 is 10.4 Å². The van der Waals surface area contributed by atoms with Crippen LogP contribution in [0.15, 0.2) is 0 Å². The molecule has 0 aromatic heterocycles. The van der Waals surface area contributed by atoms with E-state index < -0.39 is 16.5 Å². The van der Waals surface area contributed by atoms with Gasteiger partial charge in [0.15, 0.2) is 0 Å². The molecule has 4 fully saturated rings. The van der Waals surface area contributed by atoms with E-state index in [9.17, 15) is 18.1 Å². The number of nitrogens with two attached hydrogens (primary N) is 1. The highest BCUT2D eigenvalue weighted by atomic mass is 32.3. The van der Waals surface area contributed by atoms with Crippen molar-refractivity contribution < 1.29 is 22.3 Å². The molecule has 0 aromatic rings. The summed E-state index contributed by atoms with van der Waals surface area (Å²) < 4.78 is 37.5. The fourth-order valence-corrected chi connectivity index (χ4v) is 11.5.